The zero-order valence-corrected chi connectivity index (χ0v) is 17.9. The molecule has 1 aliphatic carbocycles. The molecule has 0 radical (unpaired) electrons. The third-order valence-corrected chi connectivity index (χ3v) is 6.57. The average Bonchev–Trinajstić information content (AvgIpc) is 3.34. The Balaban J connectivity index is 1.51. The monoisotopic (exact) mass is 449 g/mol. The molecule has 162 valence electrons. The minimum Gasteiger partial charge on any atom is -0.506 e. The summed E-state index contributed by atoms with van der Waals surface area (Å²) < 4.78 is 8.81. The van der Waals surface area contributed by atoms with Gasteiger partial charge in [-0.15, -0.1) is 0 Å². The van der Waals surface area contributed by atoms with E-state index in [4.69, 9.17) is 4.74 Å². The van der Waals surface area contributed by atoms with Crippen LogP contribution in [0.1, 0.15) is 5.01 Å². The minimum atomic E-state index is -0.286. The predicted molar refractivity (Wildman–Crippen MR) is 121 cm³/mol. The van der Waals surface area contributed by atoms with Gasteiger partial charge in [0.15, 0.2) is 12.3 Å². The zero-order valence-electron chi connectivity index (χ0n) is 17.1. The standard InChI is InChI=1S/C24H20N2O5S/c27-11-9-25-17-5-1-3-7-19(17)31-21(25)13-15-23(29)16(24(15)30)14-22-26(10-12-28)18-6-2-4-8-20(18)32-22/h1-8,13-14,27-28H,9-12H2/p+1. The van der Waals surface area contributed by atoms with Crippen LogP contribution in [0.2, 0.25) is 0 Å². The molecule has 3 aromatic rings. The van der Waals surface area contributed by atoms with Crippen LogP contribution in [0.3, 0.4) is 0 Å². The fourth-order valence-corrected chi connectivity index (χ4v) is 5.07. The van der Waals surface area contributed by atoms with Crippen molar-refractivity contribution in [2.75, 3.05) is 24.7 Å². The number of aliphatic hydroxyl groups is 3. The van der Waals surface area contributed by atoms with Gasteiger partial charge in [-0.2, -0.15) is 4.57 Å². The van der Waals surface area contributed by atoms with E-state index < -0.39 is 0 Å². The number of anilines is 1. The van der Waals surface area contributed by atoms with Gasteiger partial charge in [0.1, 0.15) is 17.1 Å². The van der Waals surface area contributed by atoms with Crippen molar-refractivity contribution in [3.63, 3.8) is 0 Å². The van der Waals surface area contributed by atoms with Crippen molar-refractivity contribution in [3.8, 4) is 5.75 Å². The SMILES string of the molecule is O=C1C(=Cc2sc3ccccc3[n+]2CCO)C(O)=C1C=C1Oc2ccccc2N1CCO. The van der Waals surface area contributed by atoms with E-state index in [1.807, 2.05) is 53.1 Å². The number of nitrogens with zero attached hydrogens (tertiary/aromatic N) is 2. The quantitative estimate of drug-likeness (QED) is 0.396. The number of benzene rings is 2. The third kappa shape index (κ3) is 3.29. The molecule has 8 heteroatoms. The summed E-state index contributed by atoms with van der Waals surface area (Å²) in [5, 5.41) is 30.3. The molecule has 2 aliphatic rings. The molecule has 3 N–H and O–H groups in total. The average molecular weight is 450 g/mol. The lowest BCUT2D eigenvalue weighted by Gasteiger charge is -2.21. The molecule has 0 saturated carbocycles. The first kappa shape index (κ1) is 20.4. The summed E-state index contributed by atoms with van der Waals surface area (Å²) in [6, 6.07) is 15.2. The van der Waals surface area contributed by atoms with Crippen molar-refractivity contribution in [1.82, 2.24) is 0 Å². The van der Waals surface area contributed by atoms with Crippen LogP contribution in [0.5, 0.6) is 5.75 Å². The van der Waals surface area contributed by atoms with Gasteiger partial charge in [0.2, 0.25) is 17.2 Å². The molecule has 0 atom stereocenters. The highest BCUT2D eigenvalue weighted by Gasteiger charge is 2.36. The van der Waals surface area contributed by atoms with E-state index in [9.17, 15) is 20.1 Å². The van der Waals surface area contributed by atoms with Gasteiger partial charge in [0.25, 0.3) is 5.01 Å². The molecule has 1 aromatic heterocycles. The van der Waals surface area contributed by atoms with Crippen molar-refractivity contribution >= 4 is 39.1 Å². The minimum absolute atomic E-state index is 0.0345. The molecule has 2 heterocycles. The zero-order chi connectivity index (χ0) is 22.2. The van der Waals surface area contributed by atoms with Gasteiger partial charge in [-0.3, -0.25) is 4.79 Å². The molecule has 5 rings (SSSR count). The largest absolute Gasteiger partial charge is 0.506 e. The molecule has 0 fully saturated rings. The number of aliphatic hydroxyl groups excluding tert-OH is 3. The molecule has 0 amide bonds. The summed E-state index contributed by atoms with van der Waals surface area (Å²) in [4.78, 5) is 14.6. The maximum Gasteiger partial charge on any atom is 0.263 e. The number of allylic oxidation sites excluding steroid dienone is 3. The normalized spacial score (nSPS) is 17.9. The van der Waals surface area contributed by atoms with Gasteiger partial charge in [-0.1, -0.05) is 35.6 Å². The summed E-state index contributed by atoms with van der Waals surface area (Å²) in [6.45, 7) is 0.570. The van der Waals surface area contributed by atoms with Crippen LogP contribution in [0.15, 0.2) is 77.4 Å². The smallest absolute Gasteiger partial charge is 0.263 e. The van der Waals surface area contributed by atoms with Crippen molar-refractivity contribution in [3.05, 3.63) is 82.4 Å². The number of hydrogen-bond acceptors (Lipinski definition) is 7. The van der Waals surface area contributed by atoms with Crippen LogP contribution >= 0.6 is 11.3 Å². The number of rotatable bonds is 6. The third-order valence-electron chi connectivity index (χ3n) is 5.46. The van der Waals surface area contributed by atoms with Crippen LogP contribution in [-0.4, -0.2) is 40.9 Å². The Morgan fingerprint density at radius 3 is 2.59 bits per heavy atom. The van der Waals surface area contributed by atoms with Crippen molar-refractivity contribution < 1.29 is 29.4 Å². The lowest BCUT2D eigenvalue weighted by Crippen LogP contribution is -2.37. The molecule has 0 bridgehead atoms. The maximum absolute atomic E-state index is 12.9. The Bertz CT molecular complexity index is 1320. The summed E-state index contributed by atoms with van der Waals surface area (Å²) in [5.41, 5.74) is 2.15. The number of fused-ring (bicyclic) bond motifs is 2. The number of Topliss-reactive ketones (excluding diaryl/α,β-unsaturated/α-hetero) is 1. The number of para-hydroxylation sites is 3. The molecule has 0 unspecified atom stereocenters. The van der Waals surface area contributed by atoms with Gasteiger partial charge in [-0.25, -0.2) is 0 Å². The topological polar surface area (TPSA) is 94.1 Å². The van der Waals surface area contributed by atoms with Gasteiger partial charge >= 0.3 is 0 Å². The van der Waals surface area contributed by atoms with E-state index in [-0.39, 0.29) is 35.9 Å². The maximum atomic E-state index is 12.9. The summed E-state index contributed by atoms with van der Waals surface area (Å²) in [7, 11) is 0. The van der Waals surface area contributed by atoms with E-state index in [1.54, 1.807) is 11.0 Å². The van der Waals surface area contributed by atoms with Gasteiger partial charge < -0.3 is 25.0 Å². The predicted octanol–water partition coefficient (Wildman–Crippen LogP) is 2.69. The number of carbonyl (C=O) groups is 1. The van der Waals surface area contributed by atoms with E-state index >= 15 is 0 Å². The first-order valence-electron chi connectivity index (χ1n) is 10.2. The van der Waals surface area contributed by atoms with Crippen LogP contribution in [0.4, 0.5) is 5.69 Å². The number of ketones is 1. The van der Waals surface area contributed by atoms with E-state index in [0.717, 1.165) is 20.9 Å². The molecule has 0 spiro atoms. The van der Waals surface area contributed by atoms with E-state index in [1.165, 1.54) is 17.4 Å². The number of ether oxygens (including phenoxy) is 1. The van der Waals surface area contributed by atoms with E-state index in [0.29, 0.717) is 24.7 Å². The summed E-state index contributed by atoms with van der Waals surface area (Å²) >= 11 is 1.49. The van der Waals surface area contributed by atoms with Crippen molar-refractivity contribution in [1.29, 1.82) is 0 Å². The Labute approximate surface area is 188 Å². The van der Waals surface area contributed by atoms with Gasteiger partial charge in [0.05, 0.1) is 23.4 Å². The second-order valence-corrected chi connectivity index (χ2v) is 8.42. The molecule has 0 saturated heterocycles. The Morgan fingerprint density at radius 2 is 1.81 bits per heavy atom. The number of carbonyl (C=O) groups excluding carboxylic acids is 1. The van der Waals surface area contributed by atoms with E-state index in [2.05, 4.69) is 0 Å². The Kier molecular flexibility index (Phi) is 5.26. The summed E-state index contributed by atoms with van der Waals surface area (Å²) in [5.74, 6) is 0.627. The Morgan fingerprint density at radius 1 is 1.03 bits per heavy atom. The van der Waals surface area contributed by atoms with Crippen LogP contribution in [-0.2, 0) is 11.3 Å². The molecule has 2 aromatic carbocycles. The highest BCUT2D eigenvalue weighted by Crippen LogP contribution is 2.40. The van der Waals surface area contributed by atoms with Crippen molar-refractivity contribution in [2.45, 2.75) is 6.54 Å². The second kappa shape index (κ2) is 8.23. The molecule has 7 nitrogen and oxygen atoms in total. The summed E-state index contributed by atoms with van der Waals surface area (Å²) in [6.07, 6.45) is 3.17. The number of hydrogen-bond donors (Lipinski definition) is 3. The molecular formula is C24H21N2O5S+. The number of β-amino-alcohol motifs (C(OH)–C–C–N with tert-alkyl or cyclic N) is 1. The highest BCUT2D eigenvalue weighted by atomic mass is 32.1. The lowest BCUT2D eigenvalue weighted by molar-refractivity contribution is -0.670. The second-order valence-electron chi connectivity index (χ2n) is 7.36. The highest BCUT2D eigenvalue weighted by molar-refractivity contribution is 7.18. The fourth-order valence-electron chi connectivity index (χ4n) is 3.94. The van der Waals surface area contributed by atoms with Crippen molar-refractivity contribution in [2.24, 2.45) is 0 Å². The van der Waals surface area contributed by atoms with Crippen LogP contribution in [0.25, 0.3) is 16.3 Å². The number of aromatic nitrogens is 1. The molecular weight excluding hydrogens is 428 g/mol. The van der Waals surface area contributed by atoms with Gasteiger partial charge in [-0.05, 0) is 18.2 Å². The Hall–Kier alpha value is -3.46. The first-order chi connectivity index (χ1) is 15.6. The lowest BCUT2D eigenvalue weighted by atomic mass is 9.87. The van der Waals surface area contributed by atoms with Crippen LogP contribution in [0, 0.1) is 0 Å². The molecule has 1 aliphatic heterocycles. The van der Waals surface area contributed by atoms with Gasteiger partial charge in [0, 0.05) is 24.8 Å². The van der Waals surface area contributed by atoms with Crippen LogP contribution < -0.4 is 14.2 Å². The first-order valence-corrected chi connectivity index (χ1v) is 11.0. The number of thiazole rings is 1. The fraction of sp³-hybridized carbons (Fsp3) is 0.167. The molecule has 32 heavy (non-hydrogen) atoms.